The first-order valence-corrected chi connectivity index (χ1v) is 3.99. The smallest absolute Gasteiger partial charge is 0.0676 e. The molecule has 1 heterocycles. The zero-order valence-corrected chi connectivity index (χ0v) is 7.12. The van der Waals surface area contributed by atoms with E-state index in [2.05, 4.69) is 24.1 Å². The molecule has 2 atom stereocenters. The first kappa shape index (κ1) is 8.29. The molecule has 0 bridgehead atoms. The zero-order chi connectivity index (χ0) is 8.27. The van der Waals surface area contributed by atoms with Crippen LogP contribution < -0.4 is 0 Å². The van der Waals surface area contributed by atoms with Gasteiger partial charge in [0.15, 0.2) is 0 Å². The maximum atomic E-state index is 8.77. The molecular formula is C9H14N2. The van der Waals surface area contributed by atoms with Crippen LogP contribution in [0.1, 0.15) is 6.92 Å². The normalized spacial score (nSPS) is 32.8. The molecule has 0 aromatic carbocycles. The molecule has 11 heavy (non-hydrogen) atoms. The van der Waals surface area contributed by atoms with E-state index in [1.165, 1.54) is 0 Å². The van der Waals surface area contributed by atoms with E-state index in [-0.39, 0.29) is 5.92 Å². The molecule has 1 aliphatic heterocycles. The Labute approximate surface area is 68.1 Å². The van der Waals surface area contributed by atoms with Crippen molar-refractivity contribution in [2.45, 2.75) is 6.92 Å². The SMILES string of the molecule is C/C=C/[C@H]1CN(C)C[C@@H]1C#N. The highest BCUT2D eigenvalue weighted by molar-refractivity contribution is 5.03. The Bertz CT molecular complexity index is 190. The van der Waals surface area contributed by atoms with Crippen LogP contribution in [0.4, 0.5) is 0 Å². The number of allylic oxidation sites excluding steroid dienone is 1. The molecule has 0 spiro atoms. The minimum atomic E-state index is 0.205. The first-order chi connectivity index (χ1) is 5.27. The molecule has 0 saturated carbocycles. The van der Waals surface area contributed by atoms with Crippen molar-refractivity contribution in [2.24, 2.45) is 11.8 Å². The summed E-state index contributed by atoms with van der Waals surface area (Å²) < 4.78 is 0. The molecule has 0 radical (unpaired) electrons. The summed E-state index contributed by atoms with van der Waals surface area (Å²) in [6.45, 7) is 3.96. The summed E-state index contributed by atoms with van der Waals surface area (Å²) in [5, 5.41) is 8.77. The molecule has 1 rings (SSSR count). The maximum Gasteiger partial charge on any atom is 0.0676 e. The van der Waals surface area contributed by atoms with Crippen LogP contribution in [-0.4, -0.2) is 25.0 Å². The van der Waals surface area contributed by atoms with Crippen LogP contribution in [0, 0.1) is 23.2 Å². The Morgan fingerprint density at radius 1 is 1.55 bits per heavy atom. The summed E-state index contributed by atoms with van der Waals surface area (Å²) in [4.78, 5) is 2.21. The molecule has 0 amide bonds. The second-order valence-corrected chi connectivity index (χ2v) is 3.15. The second kappa shape index (κ2) is 3.54. The van der Waals surface area contributed by atoms with Crippen molar-refractivity contribution in [3.8, 4) is 6.07 Å². The van der Waals surface area contributed by atoms with E-state index in [0.717, 1.165) is 13.1 Å². The van der Waals surface area contributed by atoms with Crippen molar-refractivity contribution in [1.29, 1.82) is 5.26 Å². The third-order valence-corrected chi connectivity index (χ3v) is 2.15. The predicted molar refractivity (Wildman–Crippen MR) is 44.9 cm³/mol. The average molecular weight is 150 g/mol. The second-order valence-electron chi connectivity index (χ2n) is 3.15. The van der Waals surface area contributed by atoms with Crippen LogP contribution in [0.5, 0.6) is 0 Å². The Kier molecular flexibility index (Phi) is 2.67. The lowest BCUT2D eigenvalue weighted by Crippen LogP contribution is -2.13. The summed E-state index contributed by atoms with van der Waals surface area (Å²) in [6, 6.07) is 2.34. The van der Waals surface area contributed by atoms with Gasteiger partial charge in [0.05, 0.1) is 12.0 Å². The molecule has 1 fully saturated rings. The van der Waals surface area contributed by atoms with Crippen LogP contribution in [-0.2, 0) is 0 Å². The number of nitrogens with zero attached hydrogens (tertiary/aromatic N) is 2. The fourth-order valence-corrected chi connectivity index (χ4v) is 1.61. The number of nitriles is 1. The van der Waals surface area contributed by atoms with Crippen LogP contribution in [0.25, 0.3) is 0 Å². The molecule has 60 valence electrons. The zero-order valence-electron chi connectivity index (χ0n) is 7.12. The third-order valence-electron chi connectivity index (χ3n) is 2.15. The van der Waals surface area contributed by atoms with E-state index in [0.29, 0.717) is 5.92 Å². The van der Waals surface area contributed by atoms with Gasteiger partial charge in [-0.1, -0.05) is 12.2 Å². The third kappa shape index (κ3) is 1.81. The number of hydrogen-bond acceptors (Lipinski definition) is 2. The number of hydrogen-bond donors (Lipinski definition) is 0. The highest BCUT2D eigenvalue weighted by Crippen LogP contribution is 2.22. The largest absolute Gasteiger partial charge is 0.304 e. The van der Waals surface area contributed by atoms with E-state index < -0.39 is 0 Å². The number of likely N-dealkylation sites (tertiary alicyclic amines) is 1. The molecule has 0 aromatic rings. The predicted octanol–water partition coefficient (Wildman–Crippen LogP) is 1.26. The average Bonchev–Trinajstić information content (AvgIpc) is 2.32. The summed E-state index contributed by atoms with van der Waals surface area (Å²) >= 11 is 0. The van der Waals surface area contributed by atoms with Gasteiger partial charge in [-0.2, -0.15) is 5.26 Å². The van der Waals surface area contributed by atoms with Crippen molar-refractivity contribution in [3.63, 3.8) is 0 Å². The van der Waals surface area contributed by atoms with Gasteiger partial charge in [-0.3, -0.25) is 0 Å². The highest BCUT2D eigenvalue weighted by Gasteiger charge is 2.28. The Hall–Kier alpha value is -0.810. The van der Waals surface area contributed by atoms with Gasteiger partial charge >= 0.3 is 0 Å². The lowest BCUT2D eigenvalue weighted by Gasteiger charge is -2.04. The van der Waals surface area contributed by atoms with Gasteiger partial charge in [-0.05, 0) is 14.0 Å². The molecule has 0 N–H and O–H groups in total. The van der Waals surface area contributed by atoms with Gasteiger partial charge in [0.25, 0.3) is 0 Å². The topological polar surface area (TPSA) is 27.0 Å². The monoisotopic (exact) mass is 150 g/mol. The Balaban J connectivity index is 2.59. The van der Waals surface area contributed by atoms with E-state index in [1.807, 2.05) is 13.0 Å². The minimum absolute atomic E-state index is 0.205. The molecule has 0 aromatic heterocycles. The quantitative estimate of drug-likeness (QED) is 0.526. The standard InChI is InChI=1S/C9H14N2/c1-3-4-8-6-11(2)7-9(8)5-10/h3-4,8-9H,6-7H2,1-2H3/b4-3+/t8-,9-/m0/s1. The summed E-state index contributed by atoms with van der Waals surface area (Å²) in [6.07, 6.45) is 4.17. The van der Waals surface area contributed by atoms with Crippen LogP contribution in [0.2, 0.25) is 0 Å². The fourth-order valence-electron chi connectivity index (χ4n) is 1.61. The van der Waals surface area contributed by atoms with Gasteiger partial charge in [-0.25, -0.2) is 0 Å². The van der Waals surface area contributed by atoms with Gasteiger partial charge in [0.1, 0.15) is 0 Å². The van der Waals surface area contributed by atoms with Crippen molar-refractivity contribution >= 4 is 0 Å². The lowest BCUT2D eigenvalue weighted by atomic mass is 9.97. The number of rotatable bonds is 1. The minimum Gasteiger partial charge on any atom is -0.304 e. The summed E-state index contributed by atoms with van der Waals surface area (Å²) in [7, 11) is 2.06. The molecule has 2 heteroatoms. The molecular weight excluding hydrogens is 136 g/mol. The summed E-state index contributed by atoms with van der Waals surface area (Å²) in [5.41, 5.74) is 0. The van der Waals surface area contributed by atoms with Crippen LogP contribution >= 0.6 is 0 Å². The van der Waals surface area contributed by atoms with Gasteiger partial charge < -0.3 is 4.90 Å². The molecule has 2 nitrogen and oxygen atoms in total. The van der Waals surface area contributed by atoms with Crippen molar-refractivity contribution < 1.29 is 0 Å². The fraction of sp³-hybridized carbons (Fsp3) is 0.667. The lowest BCUT2D eigenvalue weighted by molar-refractivity contribution is 0.404. The summed E-state index contributed by atoms with van der Waals surface area (Å²) in [5.74, 6) is 0.659. The maximum absolute atomic E-state index is 8.77. The Morgan fingerprint density at radius 3 is 2.82 bits per heavy atom. The van der Waals surface area contributed by atoms with E-state index in [4.69, 9.17) is 5.26 Å². The van der Waals surface area contributed by atoms with Crippen molar-refractivity contribution in [2.75, 3.05) is 20.1 Å². The molecule has 1 saturated heterocycles. The molecule has 0 unspecified atom stereocenters. The van der Waals surface area contributed by atoms with Crippen LogP contribution in [0.15, 0.2) is 12.2 Å². The van der Waals surface area contributed by atoms with Gasteiger partial charge in [0, 0.05) is 19.0 Å². The van der Waals surface area contributed by atoms with Crippen LogP contribution in [0.3, 0.4) is 0 Å². The van der Waals surface area contributed by atoms with E-state index in [9.17, 15) is 0 Å². The Morgan fingerprint density at radius 2 is 2.27 bits per heavy atom. The van der Waals surface area contributed by atoms with Gasteiger partial charge in [-0.15, -0.1) is 0 Å². The van der Waals surface area contributed by atoms with E-state index >= 15 is 0 Å². The first-order valence-electron chi connectivity index (χ1n) is 3.99. The highest BCUT2D eigenvalue weighted by atomic mass is 15.1. The van der Waals surface area contributed by atoms with Gasteiger partial charge in [0.2, 0.25) is 0 Å². The van der Waals surface area contributed by atoms with Crippen molar-refractivity contribution in [1.82, 2.24) is 4.90 Å². The van der Waals surface area contributed by atoms with E-state index in [1.54, 1.807) is 0 Å². The molecule has 1 aliphatic rings. The molecule has 0 aliphatic carbocycles. The van der Waals surface area contributed by atoms with Crippen molar-refractivity contribution in [3.05, 3.63) is 12.2 Å².